The van der Waals surface area contributed by atoms with Crippen LogP contribution in [0.25, 0.3) is 11.1 Å². The second-order valence-corrected chi connectivity index (χ2v) is 9.52. The zero-order valence-electron chi connectivity index (χ0n) is 18.6. The number of amides is 2. The molecule has 2 aliphatic rings. The minimum atomic E-state index is -1.45. The molecule has 1 fully saturated rings. The number of nitrogens with one attached hydrogen (secondary N) is 1. The Hall–Kier alpha value is -3.32. The molecular weight excluding hydrogens is 459 g/mol. The lowest BCUT2D eigenvalue weighted by Gasteiger charge is -2.25. The number of alkyl halides is 1. The highest BCUT2D eigenvalue weighted by Crippen LogP contribution is 2.41. The molecule has 7 nitrogen and oxygen atoms in total. The first kappa shape index (κ1) is 22.5. The number of nitrogens with zero attached hydrogens (tertiary/aromatic N) is 4. The van der Waals surface area contributed by atoms with Crippen LogP contribution in [0.5, 0.6) is 5.88 Å². The van der Waals surface area contributed by atoms with Crippen LogP contribution in [0.2, 0.25) is 0 Å². The van der Waals surface area contributed by atoms with Crippen LogP contribution in [0.1, 0.15) is 17.7 Å². The first-order valence-corrected chi connectivity index (χ1v) is 11.5. The van der Waals surface area contributed by atoms with Crippen molar-refractivity contribution in [3.05, 3.63) is 65.7 Å². The molecule has 176 valence electrons. The Balaban J connectivity index is 1.49. The van der Waals surface area contributed by atoms with Crippen molar-refractivity contribution in [3.8, 4) is 17.0 Å². The van der Waals surface area contributed by atoms with Gasteiger partial charge in [0.25, 0.3) is 0 Å². The number of fused-ring (bicyclic) bond motifs is 1. The standard InChI is InChI=1S/C24H24F2N5O2P/c1-33-20-7-6-15-12-31(13-19(15)28-20)23(32)29-21-17(16-4-2-3-5-18(16)25)8-10-27-22(21)30-11-9-24(26,34)14-30/h2-8,10H,9,11-14,34H2,1H3,(H,29,32). The third-order valence-electron chi connectivity index (χ3n) is 6.12. The second-order valence-electron chi connectivity index (χ2n) is 8.49. The molecule has 10 heteroatoms. The number of hydrogen-bond donors (Lipinski definition) is 1. The van der Waals surface area contributed by atoms with Crippen molar-refractivity contribution in [1.82, 2.24) is 14.9 Å². The number of carbonyl (C=O) groups excluding carboxylic acids is 1. The van der Waals surface area contributed by atoms with Gasteiger partial charge < -0.3 is 19.9 Å². The van der Waals surface area contributed by atoms with E-state index in [2.05, 4.69) is 24.5 Å². The van der Waals surface area contributed by atoms with Crippen LogP contribution in [-0.4, -0.2) is 46.5 Å². The largest absolute Gasteiger partial charge is 0.481 e. The van der Waals surface area contributed by atoms with Crippen LogP contribution < -0.4 is 15.0 Å². The van der Waals surface area contributed by atoms with Crippen LogP contribution in [0, 0.1) is 5.82 Å². The smallest absolute Gasteiger partial charge is 0.322 e. The highest BCUT2D eigenvalue weighted by molar-refractivity contribution is 7.18. The third-order valence-corrected chi connectivity index (χ3v) is 6.59. The summed E-state index contributed by atoms with van der Waals surface area (Å²) >= 11 is 0. The van der Waals surface area contributed by atoms with Gasteiger partial charge in [0.05, 0.1) is 31.6 Å². The number of hydrogen-bond acceptors (Lipinski definition) is 5. The van der Waals surface area contributed by atoms with Gasteiger partial charge in [-0.1, -0.05) is 27.4 Å². The van der Waals surface area contributed by atoms with Gasteiger partial charge in [-0.15, -0.1) is 0 Å². The number of benzene rings is 1. The fourth-order valence-electron chi connectivity index (χ4n) is 4.37. The molecular formula is C24H24F2N5O2P. The molecule has 3 aromatic rings. The van der Waals surface area contributed by atoms with Crippen molar-refractivity contribution in [2.75, 3.05) is 30.4 Å². The van der Waals surface area contributed by atoms with Gasteiger partial charge in [-0.25, -0.2) is 23.5 Å². The summed E-state index contributed by atoms with van der Waals surface area (Å²) < 4.78 is 34.5. The molecule has 2 atom stereocenters. The highest BCUT2D eigenvalue weighted by Gasteiger charge is 2.36. The topological polar surface area (TPSA) is 70.6 Å². The van der Waals surface area contributed by atoms with E-state index in [1.807, 2.05) is 6.07 Å². The Morgan fingerprint density at radius 3 is 2.74 bits per heavy atom. The van der Waals surface area contributed by atoms with Gasteiger partial charge >= 0.3 is 6.03 Å². The second kappa shape index (κ2) is 8.80. The molecule has 5 rings (SSSR count). The lowest BCUT2D eigenvalue weighted by atomic mass is 10.0. The summed E-state index contributed by atoms with van der Waals surface area (Å²) in [6.45, 7) is 1.22. The molecule has 0 aliphatic carbocycles. The number of methoxy groups -OCH3 is 1. The first-order chi connectivity index (χ1) is 16.3. The van der Waals surface area contributed by atoms with Gasteiger partial charge in [0, 0.05) is 42.9 Å². The van der Waals surface area contributed by atoms with Crippen LogP contribution in [0.4, 0.5) is 25.1 Å². The van der Waals surface area contributed by atoms with Crippen molar-refractivity contribution >= 4 is 26.8 Å². The summed E-state index contributed by atoms with van der Waals surface area (Å²) in [7, 11) is 3.78. The first-order valence-electron chi connectivity index (χ1n) is 10.9. The Morgan fingerprint density at radius 2 is 2.00 bits per heavy atom. The van der Waals surface area contributed by atoms with Crippen LogP contribution in [0.3, 0.4) is 0 Å². The van der Waals surface area contributed by atoms with E-state index >= 15 is 0 Å². The molecule has 1 aromatic carbocycles. The minimum Gasteiger partial charge on any atom is -0.481 e. The van der Waals surface area contributed by atoms with Gasteiger partial charge in [-0.3, -0.25) is 0 Å². The number of aromatic nitrogens is 2. The van der Waals surface area contributed by atoms with E-state index < -0.39 is 11.2 Å². The summed E-state index contributed by atoms with van der Waals surface area (Å²) in [6.07, 6.45) is 1.86. The number of ether oxygens (including phenoxy) is 1. The fraction of sp³-hybridized carbons (Fsp3) is 0.292. The predicted molar refractivity (Wildman–Crippen MR) is 129 cm³/mol. The molecule has 0 saturated carbocycles. The highest BCUT2D eigenvalue weighted by atomic mass is 31.0. The summed E-state index contributed by atoms with van der Waals surface area (Å²) in [6, 6.07) is 11.3. The predicted octanol–water partition coefficient (Wildman–Crippen LogP) is 4.59. The maximum Gasteiger partial charge on any atom is 0.322 e. The van der Waals surface area contributed by atoms with Crippen molar-refractivity contribution in [2.45, 2.75) is 24.9 Å². The van der Waals surface area contributed by atoms with E-state index in [4.69, 9.17) is 4.74 Å². The molecule has 4 heterocycles. The number of halogens is 2. The molecule has 2 aromatic heterocycles. The average molecular weight is 483 g/mol. The van der Waals surface area contributed by atoms with E-state index in [1.165, 1.54) is 6.07 Å². The Morgan fingerprint density at radius 1 is 1.18 bits per heavy atom. The molecule has 1 saturated heterocycles. The zero-order valence-corrected chi connectivity index (χ0v) is 19.7. The van der Waals surface area contributed by atoms with E-state index in [9.17, 15) is 13.6 Å². The van der Waals surface area contributed by atoms with Crippen molar-refractivity contribution in [3.63, 3.8) is 0 Å². The van der Waals surface area contributed by atoms with E-state index in [0.717, 1.165) is 11.3 Å². The molecule has 2 unspecified atom stereocenters. The van der Waals surface area contributed by atoms with Gasteiger partial charge in [0.15, 0.2) is 5.82 Å². The van der Waals surface area contributed by atoms with E-state index in [0.29, 0.717) is 54.6 Å². The van der Waals surface area contributed by atoms with Gasteiger partial charge in [-0.05, 0) is 23.8 Å². The molecule has 0 bridgehead atoms. The van der Waals surface area contributed by atoms with E-state index in [-0.39, 0.29) is 12.6 Å². The summed E-state index contributed by atoms with van der Waals surface area (Å²) in [5.41, 5.74) is 2.85. The summed E-state index contributed by atoms with van der Waals surface area (Å²) in [5, 5.41) is 1.50. The Bertz CT molecular complexity index is 1260. The summed E-state index contributed by atoms with van der Waals surface area (Å²) in [4.78, 5) is 25.6. The van der Waals surface area contributed by atoms with Crippen molar-refractivity contribution in [2.24, 2.45) is 0 Å². The van der Waals surface area contributed by atoms with Crippen LogP contribution in [-0.2, 0) is 13.1 Å². The van der Waals surface area contributed by atoms with Gasteiger partial charge in [-0.2, -0.15) is 0 Å². The van der Waals surface area contributed by atoms with Crippen LogP contribution in [0.15, 0.2) is 48.7 Å². The SMILES string of the molecule is COc1ccc2c(n1)CN(C(=O)Nc1c(-c3ccccc3F)ccnc1N1CCC(F)(P)C1)C2. The van der Waals surface area contributed by atoms with Gasteiger partial charge in [0.1, 0.15) is 11.2 Å². The maximum absolute atomic E-state index is 14.7. The van der Waals surface area contributed by atoms with Gasteiger partial charge in [0.2, 0.25) is 5.88 Å². The number of carbonyl (C=O) groups is 1. The number of rotatable bonds is 4. The minimum absolute atomic E-state index is 0.104. The molecule has 34 heavy (non-hydrogen) atoms. The molecule has 0 spiro atoms. The quantitative estimate of drug-likeness (QED) is 0.550. The van der Waals surface area contributed by atoms with E-state index in [1.54, 1.807) is 53.4 Å². The molecule has 2 amide bonds. The normalized spacial score (nSPS) is 19.3. The maximum atomic E-state index is 14.7. The Kier molecular flexibility index (Phi) is 5.81. The number of urea groups is 1. The fourth-order valence-corrected chi connectivity index (χ4v) is 4.72. The lowest BCUT2D eigenvalue weighted by Crippen LogP contribution is -2.32. The molecule has 0 radical (unpaired) electrons. The summed E-state index contributed by atoms with van der Waals surface area (Å²) in [5.74, 6) is 0.471. The monoisotopic (exact) mass is 483 g/mol. The van der Waals surface area contributed by atoms with Crippen LogP contribution >= 0.6 is 9.24 Å². The third kappa shape index (κ3) is 4.28. The van der Waals surface area contributed by atoms with Crippen molar-refractivity contribution in [1.29, 1.82) is 0 Å². The number of anilines is 2. The molecule has 2 aliphatic heterocycles. The lowest BCUT2D eigenvalue weighted by molar-refractivity contribution is 0.212. The average Bonchev–Trinajstić information content (AvgIpc) is 3.42. The Labute approximate surface area is 198 Å². The number of pyridine rings is 2. The zero-order chi connectivity index (χ0) is 23.9. The molecule has 1 N–H and O–H groups in total. The van der Waals surface area contributed by atoms with Crippen molar-refractivity contribution < 1.29 is 18.3 Å².